The predicted molar refractivity (Wildman–Crippen MR) is 72.7 cm³/mol. The Hall–Kier alpha value is -0.480. The second-order valence-electron chi connectivity index (χ2n) is 3.39. The minimum absolute atomic E-state index is 0.645. The van der Waals surface area contributed by atoms with Crippen molar-refractivity contribution in [3.8, 4) is 11.1 Å². The lowest BCUT2D eigenvalue weighted by atomic mass is 10.0. The summed E-state index contributed by atoms with van der Waals surface area (Å²) in [5, 5.41) is 4.28. The van der Waals surface area contributed by atoms with E-state index in [9.17, 15) is 0 Å². The van der Waals surface area contributed by atoms with Crippen molar-refractivity contribution in [1.29, 1.82) is 0 Å². The second kappa shape index (κ2) is 4.58. The fourth-order valence-electron chi connectivity index (χ4n) is 1.43. The highest BCUT2D eigenvalue weighted by Crippen LogP contribution is 2.28. The van der Waals surface area contributed by atoms with Gasteiger partial charge in [-0.05, 0) is 47.0 Å². The molecule has 15 heavy (non-hydrogen) atoms. The third-order valence-corrected chi connectivity index (χ3v) is 4.35. The summed E-state index contributed by atoms with van der Waals surface area (Å²) >= 11 is 2.31. The van der Waals surface area contributed by atoms with E-state index in [0.29, 0.717) is 6.37 Å². The van der Waals surface area contributed by atoms with Crippen LogP contribution in [0, 0.1) is 13.8 Å². The molecule has 0 saturated carbocycles. The van der Waals surface area contributed by atoms with Gasteiger partial charge < -0.3 is 0 Å². The lowest BCUT2D eigenvalue weighted by Crippen LogP contribution is -1.87. The standard InChI is InChI=1S/C10H11IN3P/c1-7-3-12-5-10(8(7)2)9-4-13-14(6-9)15-11/h3-6,15H,1-2H3. The molecule has 1 atom stereocenters. The molecule has 0 spiro atoms. The lowest BCUT2D eigenvalue weighted by Gasteiger charge is -2.04. The molecule has 2 rings (SSSR count). The maximum Gasteiger partial charge on any atom is 0.0677 e. The third kappa shape index (κ3) is 2.21. The number of pyridine rings is 1. The van der Waals surface area contributed by atoms with E-state index in [4.69, 9.17) is 0 Å². The summed E-state index contributed by atoms with van der Waals surface area (Å²) in [6.45, 7) is 4.20. The number of nitrogens with zero attached hydrogens (tertiary/aromatic N) is 3. The zero-order chi connectivity index (χ0) is 10.8. The minimum atomic E-state index is 0.645. The average Bonchev–Trinajstić information content (AvgIpc) is 2.70. The Labute approximate surface area is 104 Å². The van der Waals surface area contributed by atoms with Gasteiger partial charge in [0.2, 0.25) is 0 Å². The van der Waals surface area contributed by atoms with Gasteiger partial charge in [0, 0.05) is 29.7 Å². The van der Waals surface area contributed by atoms with Crippen molar-refractivity contribution >= 4 is 28.4 Å². The number of aromatic nitrogens is 3. The summed E-state index contributed by atoms with van der Waals surface area (Å²) in [4.78, 5) is 4.22. The molecule has 0 N–H and O–H groups in total. The van der Waals surface area contributed by atoms with E-state index in [1.54, 1.807) is 0 Å². The molecular weight excluding hydrogens is 320 g/mol. The van der Waals surface area contributed by atoms with Gasteiger partial charge in [-0.3, -0.25) is 4.98 Å². The third-order valence-electron chi connectivity index (χ3n) is 2.45. The van der Waals surface area contributed by atoms with Gasteiger partial charge in [-0.1, -0.05) is 0 Å². The first-order valence-corrected chi connectivity index (χ1v) is 8.61. The number of halogens is 1. The molecule has 0 fully saturated rings. The summed E-state index contributed by atoms with van der Waals surface area (Å²) in [5.41, 5.74) is 4.82. The van der Waals surface area contributed by atoms with Crippen LogP contribution in [0.2, 0.25) is 0 Å². The molecule has 78 valence electrons. The normalized spacial score (nSPS) is 11.4. The molecule has 2 aromatic heterocycles. The van der Waals surface area contributed by atoms with Crippen molar-refractivity contribution in [1.82, 2.24) is 14.5 Å². The molecule has 0 bridgehead atoms. The van der Waals surface area contributed by atoms with E-state index in [2.05, 4.69) is 52.2 Å². The lowest BCUT2D eigenvalue weighted by molar-refractivity contribution is 1.01. The van der Waals surface area contributed by atoms with Crippen molar-refractivity contribution < 1.29 is 0 Å². The van der Waals surface area contributed by atoms with Crippen molar-refractivity contribution in [2.75, 3.05) is 0 Å². The molecule has 3 nitrogen and oxygen atoms in total. The first-order chi connectivity index (χ1) is 7.22. The van der Waals surface area contributed by atoms with Crippen LogP contribution in [0.4, 0.5) is 0 Å². The molecule has 5 heteroatoms. The number of hydrogen-bond acceptors (Lipinski definition) is 2. The molecule has 0 aliphatic rings. The van der Waals surface area contributed by atoms with Gasteiger partial charge in [0.25, 0.3) is 0 Å². The van der Waals surface area contributed by atoms with Gasteiger partial charge in [-0.15, -0.1) is 0 Å². The Kier molecular flexibility index (Phi) is 3.36. The second-order valence-corrected chi connectivity index (χ2v) is 5.46. The van der Waals surface area contributed by atoms with Crippen LogP contribution >= 0.6 is 28.4 Å². The van der Waals surface area contributed by atoms with Crippen LogP contribution in [-0.4, -0.2) is 14.5 Å². The van der Waals surface area contributed by atoms with Gasteiger partial charge in [-0.2, -0.15) is 5.10 Å². The van der Waals surface area contributed by atoms with E-state index in [1.165, 1.54) is 16.7 Å². The molecule has 2 heterocycles. The fraction of sp³-hybridized carbons (Fsp3) is 0.200. The average molecular weight is 331 g/mol. The van der Waals surface area contributed by atoms with Crippen molar-refractivity contribution in [2.45, 2.75) is 13.8 Å². The Morgan fingerprint density at radius 2 is 2.07 bits per heavy atom. The van der Waals surface area contributed by atoms with Crippen LogP contribution in [0.5, 0.6) is 0 Å². The van der Waals surface area contributed by atoms with E-state index < -0.39 is 0 Å². The van der Waals surface area contributed by atoms with Crippen LogP contribution in [0.25, 0.3) is 11.1 Å². The van der Waals surface area contributed by atoms with E-state index in [1.807, 2.05) is 23.0 Å². The fourth-order valence-corrected chi connectivity index (χ4v) is 2.51. The summed E-state index contributed by atoms with van der Waals surface area (Å²) in [6, 6.07) is 0. The zero-order valence-corrected chi connectivity index (χ0v) is 11.7. The van der Waals surface area contributed by atoms with Crippen molar-refractivity contribution in [2.24, 2.45) is 0 Å². The monoisotopic (exact) mass is 331 g/mol. The van der Waals surface area contributed by atoms with Crippen LogP contribution in [0.1, 0.15) is 11.1 Å². The van der Waals surface area contributed by atoms with E-state index >= 15 is 0 Å². The van der Waals surface area contributed by atoms with Gasteiger partial charge in [0.1, 0.15) is 0 Å². The van der Waals surface area contributed by atoms with Gasteiger partial charge in [0.15, 0.2) is 0 Å². The topological polar surface area (TPSA) is 30.7 Å². The molecule has 0 aliphatic carbocycles. The number of hydrogen-bond donors (Lipinski definition) is 0. The van der Waals surface area contributed by atoms with Crippen LogP contribution in [-0.2, 0) is 0 Å². The Balaban J connectivity index is 2.49. The summed E-state index contributed by atoms with van der Waals surface area (Å²) in [7, 11) is 0. The summed E-state index contributed by atoms with van der Waals surface area (Å²) < 4.78 is 1.94. The maximum atomic E-state index is 4.28. The highest BCUT2D eigenvalue weighted by atomic mass is 127. The number of aryl methyl sites for hydroxylation is 1. The van der Waals surface area contributed by atoms with Crippen LogP contribution in [0.15, 0.2) is 24.8 Å². The Bertz CT molecular complexity index is 481. The molecule has 0 saturated heterocycles. The summed E-state index contributed by atoms with van der Waals surface area (Å²) in [6.07, 6.45) is 8.40. The molecule has 0 radical (unpaired) electrons. The predicted octanol–water partition coefficient (Wildman–Crippen LogP) is 3.35. The van der Waals surface area contributed by atoms with Crippen molar-refractivity contribution in [3.63, 3.8) is 0 Å². The highest BCUT2D eigenvalue weighted by Gasteiger charge is 2.06. The van der Waals surface area contributed by atoms with Crippen LogP contribution < -0.4 is 0 Å². The largest absolute Gasteiger partial charge is 0.264 e. The molecule has 0 amide bonds. The van der Waals surface area contributed by atoms with Crippen molar-refractivity contribution in [3.05, 3.63) is 35.9 Å². The number of rotatable bonds is 2. The first-order valence-electron chi connectivity index (χ1n) is 4.55. The quantitative estimate of drug-likeness (QED) is 0.624. The Morgan fingerprint density at radius 3 is 2.73 bits per heavy atom. The summed E-state index contributed by atoms with van der Waals surface area (Å²) in [5.74, 6) is 0. The molecule has 0 aliphatic heterocycles. The van der Waals surface area contributed by atoms with E-state index in [-0.39, 0.29) is 0 Å². The zero-order valence-electron chi connectivity index (χ0n) is 8.53. The first kappa shape index (κ1) is 11.0. The van der Waals surface area contributed by atoms with E-state index in [0.717, 1.165) is 5.56 Å². The molecular formula is C10H11IN3P. The molecule has 0 aromatic carbocycles. The molecule has 1 unspecified atom stereocenters. The molecule has 2 aromatic rings. The van der Waals surface area contributed by atoms with Gasteiger partial charge in [-0.25, -0.2) is 4.45 Å². The maximum absolute atomic E-state index is 4.28. The Morgan fingerprint density at radius 1 is 1.27 bits per heavy atom. The SMILES string of the molecule is Cc1cncc(-c2cnn(PI)c2)c1C. The minimum Gasteiger partial charge on any atom is -0.264 e. The van der Waals surface area contributed by atoms with Gasteiger partial charge >= 0.3 is 0 Å². The highest BCUT2D eigenvalue weighted by molar-refractivity contribution is 14.2. The van der Waals surface area contributed by atoms with Crippen LogP contribution in [0.3, 0.4) is 0 Å². The van der Waals surface area contributed by atoms with Gasteiger partial charge in [0.05, 0.1) is 12.6 Å². The smallest absolute Gasteiger partial charge is 0.0677 e.